The van der Waals surface area contributed by atoms with Crippen molar-refractivity contribution in [1.29, 1.82) is 0 Å². The summed E-state index contributed by atoms with van der Waals surface area (Å²) in [7, 11) is 2.17. The summed E-state index contributed by atoms with van der Waals surface area (Å²) < 4.78 is 0. The fourth-order valence-electron chi connectivity index (χ4n) is 2.56. The fraction of sp³-hybridized carbons (Fsp3) is 0.312. The number of rotatable bonds is 2. The van der Waals surface area contributed by atoms with Crippen LogP contribution in [-0.4, -0.2) is 43.1 Å². The normalized spacial score (nSPS) is 16.4. The van der Waals surface area contributed by atoms with Gasteiger partial charge in [0.2, 0.25) is 0 Å². The van der Waals surface area contributed by atoms with Gasteiger partial charge in [-0.25, -0.2) is 4.98 Å². The monoisotopic (exact) mass is 268 g/mol. The summed E-state index contributed by atoms with van der Waals surface area (Å²) in [6.07, 6.45) is 1.75. The highest BCUT2D eigenvalue weighted by Crippen LogP contribution is 2.24. The zero-order valence-electron chi connectivity index (χ0n) is 11.8. The van der Waals surface area contributed by atoms with Crippen LogP contribution in [0.1, 0.15) is 0 Å². The van der Waals surface area contributed by atoms with E-state index in [-0.39, 0.29) is 0 Å². The van der Waals surface area contributed by atoms with Gasteiger partial charge in [0.1, 0.15) is 5.82 Å². The molecule has 1 aromatic heterocycles. The van der Waals surface area contributed by atoms with Crippen LogP contribution in [0.5, 0.6) is 0 Å². The van der Waals surface area contributed by atoms with Gasteiger partial charge in [0, 0.05) is 38.1 Å². The number of aromatic nitrogens is 1. The van der Waals surface area contributed by atoms with Crippen LogP contribution in [0.2, 0.25) is 0 Å². The van der Waals surface area contributed by atoms with Crippen LogP contribution in [0.3, 0.4) is 0 Å². The predicted molar refractivity (Wildman–Crippen MR) is 83.8 cm³/mol. The van der Waals surface area contributed by atoms with Crippen molar-refractivity contribution in [1.82, 2.24) is 9.88 Å². The Bertz CT molecular complexity index is 571. The Balaban J connectivity index is 1.78. The number of nitrogen functional groups attached to an aromatic ring is 1. The number of anilines is 2. The maximum Gasteiger partial charge on any atom is 0.123 e. The van der Waals surface area contributed by atoms with Crippen molar-refractivity contribution < 1.29 is 0 Å². The highest BCUT2D eigenvalue weighted by molar-refractivity contribution is 5.68. The summed E-state index contributed by atoms with van der Waals surface area (Å²) in [5, 5.41) is 0. The number of nitrogens with two attached hydrogens (primary N) is 1. The molecule has 1 fully saturated rings. The number of pyridine rings is 1. The number of piperazine rings is 1. The predicted octanol–water partition coefficient (Wildman–Crippen LogP) is 2.08. The van der Waals surface area contributed by atoms with E-state index in [0.717, 1.165) is 31.7 Å². The van der Waals surface area contributed by atoms with Crippen LogP contribution in [0, 0.1) is 0 Å². The Hall–Kier alpha value is -2.07. The maximum atomic E-state index is 5.73. The van der Waals surface area contributed by atoms with E-state index in [9.17, 15) is 0 Å². The van der Waals surface area contributed by atoms with Crippen LogP contribution in [0.4, 0.5) is 11.5 Å². The third kappa shape index (κ3) is 2.75. The van der Waals surface area contributed by atoms with Crippen molar-refractivity contribution in [2.24, 2.45) is 0 Å². The third-order valence-electron chi connectivity index (χ3n) is 3.85. The lowest BCUT2D eigenvalue weighted by molar-refractivity contribution is 0.313. The second-order valence-electron chi connectivity index (χ2n) is 5.31. The van der Waals surface area contributed by atoms with Crippen molar-refractivity contribution in [3.8, 4) is 11.1 Å². The molecule has 0 atom stereocenters. The van der Waals surface area contributed by atoms with Gasteiger partial charge < -0.3 is 15.5 Å². The van der Waals surface area contributed by atoms with Gasteiger partial charge >= 0.3 is 0 Å². The number of benzene rings is 1. The summed E-state index contributed by atoms with van der Waals surface area (Å²) in [6, 6.07) is 12.6. The summed E-state index contributed by atoms with van der Waals surface area (Å²) >= 11 is 0. The molecule has 4 nitrogen and oxygen atoms in total. The van der Waals surface area contributed by atoms with Gasteiger partial charge in [-0.1, -0.05) is 12.1 Å². The van der Waals surface area contributed by atoms with Gasteiger partial charge in [-0.2, -0.15) is 0 Å². The lowest BCUT2D eigenvalue weighted by atomic mass is 10.1. The van der Waals surface area contributed by atoms with E-state index < -0.39 is 0 Å². The van der Waals surface area contributed by atoms with E-state index in [1.54, 1.807) is 6.20 Å². The first-order chi connectivity index (χ1) is 9.72. The van der Waals surface area contributed by atoms with Crippen LogP contribution in [0.15, 0.2) is 42.6 Å². The summed E-state index contributed by atoms with van der Waals surface area (Å²) in [4.78, 5) is 8.83. The molecule has 2 aromatic rings. The molecule has 2 heterocycles. The van der Waals surface area contributed by atoms with Crippen LogP contribution in [-0.2, 0) is 0 Å². The molecule has 3 rings (SSSR count). The standard InChI is InChI=1S/C16H20N4/c1-19-8-10-20(11-9-19)15-4-2-13(3-5-15)14-6-7-18-16(17)12-14/h2-7,12H,8-11H2,1H3,(H2,17,18). The van der Waals surface area contributed by atoms with Crippen LogP contribution in [0.25, 0.3) is 11.1 Å². The molecule has 0 spiro atoms. The van der Waals surface area contributed by atoms with Crippen LogP contribution < -0.4 is 10.6 Å². The average molecular weight is 268 g/mol. The van der Waals surface area contributed by atoms with E-state index >= 15 is 0 Å². The number of nitrogens with zero attached hydrogens (tertiary/aromatic N) is 3. The number of hydrogen-bond donors (Lipinski definition) is 1. The van der Waals surface area contributed by atoms with Gasteiger partial charge in [0.25, 0.3) is 0 Å². The largest absolute Gasteiger partial charge is 0.384 e. The molecule has 0 unspecified atom stereocenters. The topological polar surface area (TPSA) is 45.4 Å². The van der Waals surface area contributed by atoms with Gasteiger partial charge in [-0.05, 0) is 42.4 Å². The Morgan fingerprint density at radius 1 is 0.950 bits per heavy atom. The van der Waals surface area contributed by atoms with E-state index in [2.05, 4.69) is 46.1 Å². The molecule has 0 radical (unpaired) electrons. The average Bonchev–Trinajstić information content (AvgIpc) is 2.48. The van der Waals surface area contributed by atoms with E-state index in [1.165, 1.54) is 11.3 Å². The Morgan fingerprint density at radius 3 is 2.30 bits per heavy atom. The van der Waals surface area contributed by atoms with Crippen molar-refractivity contribution in [2.75, 3.05) is 43.9 Å². The van der Waals surface area contributed by atoms with E-state index in [0.29, 0.717) is 5.82 Å². The molecule has 1 aliphatic heterocycles. The molecule has 1 aromatic carbocycles. The molecule has 104 valence electrons. The fourth-order valence-corrected chi connectivity index (χ4v) is 2.56. The number of likely N-dealkylation sites (N-methyl/N-ethyl adjacent to an activating group) is 1. The van der Waals surface area contributed by atoms with E-state index in [1.807, 2.05) is 12.1 Å². The lowest BCUT2D eigenvalue weighted by Gasteiger charge is -2.34. The summed E-state index contributed by atoms with van der Waals surface area (Å²) in [5.41, 5.74) is 9.32. The summed E-state index contributed by atoms with van der Waals surface area (Å²) in [5.74, 6) is 0.561. The van der Waals surface area contributed by atoms with Crippen molar-refractivity contribution in [3.63, 3.8) is 0 Å². The molecular formula is C16H20N4. The molecule has 1 aliphatic rings. The van der Waals surface area contributed by atoms with E-state index in [4.69, 9.17) is 5.73 Å². The maximum absolute atomic E-state index is 5.73. The highest BCUT2D eigenvalue weighted by Gasteiger charge is 2.13. The second-order valence-corrected chi connectivity index (χ2v) is 5.31. The zero-order valence-corrected chi connectivity index (χ0v) is 11.8. The minimum atomic E-state index is 0.561. The lowest BCUT2D eigenvalue weighted by Crippen LogP contribution is -2.44. The molecule has 0 saturated carbocycles. The third-order valence-corrected chi connectivity index (χ3v) is 3.85. The molecule has 1 saturated heterocycles. The smallest absolute Gasteiger partial charge is 0.123 e. The van der Waals surface area contributed by atoms with Gasteiger partial charge in [0.15, 0.2) is 0 Å². The molecule has 0 bridgehead atoms. The van der Waals surface area contributed by atoms with Crippen molar-refractivity contribution in [2.45, 2.75) is 0 Å². The molecule has 0 aliphatic carbocycles. The molecule has 0 amide bonds. The summed E-state index contributed by atoms with van der Waals surface area (Å²) in [6.45, 7) is 4.45. The van der Waals surface area contributed by atoms with Crippen molar-refractivity contribution in [3.05, 3.63) is 42.6 Å². The molecular weight excluding hydrogens is 248 g/mol. The first-order valence-electron chi connectivity index (χ1n) is 6.98. The van der Waals surface area contributed by atoms with Crippen molar-refractivity contribution >= 4 is 11.5 Å². The second kappa shape index (κ2) is 5.51. The zero-order chi connectivity index (χ0) is 13.9. The highest BCUT2D eigenvalue weighted by atomic mass is 15.2. The minimum Gasteiger partial charge on any atom is -0.384 e. The Labute approximate surface area is 119 Å². The van der Waals surface area contributed by atoms with Gasteiger partial charge in [-0.3, -0.25) is 0 Å². The minimum absolute atomic E-state index is 0.561. The first-order valence-corrected chi connectivity index (χ1v) is 6.98. The molecule has 2 N–H and O–H groups in total. The Morgan fingerprint density at radius 2 is 1.65 bits per heavy atom. The quantitative estimate of drug-likeness (QED) is 0.906. The number of hydrogen-bond acceptors (Lipinski definition) is 4. The Kier molecular flexibility index (Phi) is 3.56. The molecule has 4 heteroatoms. The van der Waals surface area contributed by atoms with Crippen LogP contribution >= 0.6 is 0 Å². The first kappa shape index (κ1) is 12.9. The molecule has 20 heavy (non-hydrogen) atoms. The van der Waals surface area contributed by atoms with Gasteiger partial charge in [0.05, 0.1) is 0 Å². The SMILES string of the molecule is CN1CCN(c2ccc(-c3ccnc(N)c3)cc2)CC1. The van der Waals surface area contributed by atoms with Gasteiger partial charge in [-0.15, -0.1) is 0 Å².